The quantitative estimate of drug-likeness (QED) is 0.168. The van der Waals surface area contributed by atoms with Gasteiger partial charge in [0.2, 0.25) is 0 Å². The summed E-state index contributed by atoms with van der Waals surface area (Å²) in [7, 11) is 1.82. The highest BCUT2D eigenvalue weighted by molar-refractivity contribution is 5.97. The SMILES string of the molecule is CNCc1ccc(C(O)C(NC(=O)c2ccc(Cc3ccc(N)cc3)cc2)C(=O)NO)cc1. The number of aliphatic hydroxyl groups is 1. The highest BCUT2D eigenvalue weighted by Crippen LogP contribution is 2.19. The summed E-state index contributed by atoms with van der Waals surface area (Å²) in [6.45, 7) is 0.655. The minimum absolute atomic E-state index is 0.323. The third-order valence-electron chi connectivity index (χ3n) is 5.30. The molecule has 2 unspecified atom stereocenters. The number of nitrogens with one attached hydrogen (secondary N) is 3. The molecular weight excluding hydrogens is 420 g/mol. The van der Waals surface area contributed by atoms with E-state index >= 15 is 0 Å². The summed E-state index contributed by atoms with van der Waals surface area (Å²) in [6.07, 6.45) is -0.672. The number of hydroxylamine groups is 1. The van der Waals surface area contributed by atoms with Crippen molar-refractivity contribution in [3.8, 4) is 0 Å². The third-order valence-corrected chi connectivity index (χ3v) is 5.30. The summed E-state index contributed by atoms with van der Waals surface area (Å²) in [6, 6.07) is 20.1. The van der Waals surface area contributed by atoms with E-state index in [0.717, 1.165) is 16.7 Å². The van der Waals surface area contributed by atoms with Crippen molar-refractivity contribution in [1.29, 1.82) is 0 Å². The van der Waals surface area contributed by atoms with Crippen LogP contribution in [0.5, 0.6) is 0 Å². The number of aliphatic hydroxyl groups excluding tert-OH is 1. The minimum Gasteiger partial charge on any atom is -0.399 e. The number of hydrogen-bond donors (Lipinski definition) is 6. The van der Waals surface area contributed by atoms with E-state index in [0.29, 0.717) is 29.8 Å². The van der Waals surface area contributed by atoms with Gasteiger partial charge >= 0.3 is 0 Å². The molecule has 0 saturated carbocycles. The van der Waals surface area contributed by atoms with Gasteiger partial charge < -0.3 is 21.5 Å². The van der Waals surface area contributed by atoms with Gasteiger partial charge in [-0.2, -0.15) is 0 Å². The summed E-state index contributed by atoms with van der Waals surface area (Å²) in [5, 5.41) is 25.4. The minimum atomic E-state index is -1.38. The van der Waals surface area contributed by atoms with Crippen LogP contribution in [0.1, 0.15) is 38.7 Å². The van der Waals surface area contributed by atoms with E-state index in [1.807, 2.05) is 55.6 Å². The second kappa shape index (κ2) is 11.2. The Hall–Kier alpha value is -3.72. The molecule has 33 heavy (non-hydrogen) atoms. The van der Waals surface area contributed by atoms with Gasteiger partial charge in [0.1, 0.15) is 12.1 Å². The molecule has 2 amide bonds. The number of carbonyl (C=O) groups excluding carboxylic acids is 2. The van der Waals surface area contributed by atoms with Gasteiger partial charge in [0.05, 0.1) is 0 Å². The Bertz CT molecular complexity index is 1070. The molecule has 0 heterocycles. The Balaban J connectivity index is 1.70. The highest BCUT2D eigenvalue weighted by Gasteiger charge is 2.30. The molecule has 3 aromatic rings. The van der Waals surface area contributed by atoms with Crippen molar-refractivity contribution in [2.45, 2.75) is 25.1 Å². The van der Waals surface area contributed by atoms with E-state index < -0.39 is 24.0 Å². The van der Waals surface area contributed by atoms with Crippen LogP contribution in [0.3, 0.4) is 0 Å². The van der Waals surface area contributed by atoms with Crippen molar-refractivity contribution < 1.29 is 19.9 Å². The van der Waals surface area contributed by atoms with Crippen molar-refractivity contribution in [3.63, 3.8) is 0 Å². The highest BCUT2D eigenvalue weighted by atomic mass is 16.5. The van der Waals surface area contributed by atoms with E-state index in [9.17, 15) is 14.7 Å². The fourth-order valence-electron chi connectivity index (χ4n) is 3.46. The lowest BCUT2D eigenvalue weighted by Crippen LogP contribution is -2.49. The van der Waals surface area contributed by atoms with Crippen molar-refractivity contribution in [2.24, 2.45) is 0 Å². The van der Waals surface area contributed by atoms with Crippen LogP contribution in [0, 0.1) is 0 Å². The van der Waals surface area contributed by atoms with Crippen LogP contribution in [-0.2, 0) is 17.8 Å². The number of anilines is 1. The molecule has 3 aromatic carbocycles. The lowest BCUT2D eigenvalue weighted by atomic mass is 9.99. The molecule has 0 radical (unpaired) electrons. The monoisotopic (exact) mass is 448 g/mol. The summed E-state index contributed by atoms with van der Waals surface area (Å²) < 4.78 is 0. The zero-order valence-corrected chi connectivity index (χ0v) is 18.3. The van der Waals surface area contributed by atoms with Crippen LogP contribution < -0.4 is 21.8 Å². The molecule has 3 rings (SSSR count). The Labute approximate surface area is 192 Å². The number of hydrogen-bond acceptors (Lipinski definition) is 6. The molecule has 0 bridgehead atoms. The standard InChI is InChI=1S/C25H28N4O4/c1-27-15-18-4-8-19(9-5-18)23(30)22(25(32)29-33)28-24(31)20-10-2-16(3-11-20)14-17-6-12-21(26)13-7-17/h2-13,22-23,27,30,33H,14-15,26H2,1H3,(H,28,31)(H,29,32). The van der Waals surface area contributed by atoms with Crippen molar-refractivity contribution in [2.75, 3.05) is 12.8 Å². The van der Waals surface area contributed by atoms with Gasteiger partial charge in [-0.3, -0.25) is 14.8 Å². The van der Waals surface area contributed by atoms with Crippen LogP contribution >= 0.6 is 0 Å². The molecule has 0 saturated heterocycles. The van der Waals surface area contributed by atoms with Gasteiger partial charge in [-0.15, -0.1) is 0 Å². The maximum absolute atomic E-state index is 12.8. The number of benzene rings is 3. The molecule has 0 fully saturated rings. The fraction of sp³-hybridized carbons (Fsp3) is 0.200. The number of amides is 2. The molecule has 172 valence electrons. The molecule has 7 N–H and O–H groups in total. The van der Waals surface area contributed by atoms with Crippen LogP contribution in [0.2, 0.25) is 0 Å². The molecule has 0 aromatic heterocycles. The smallest absolute Gasteiger partial charge is 0.268 e. The first kappa shape index (κ1) is 23.9. The molecule has 8 heteroatoms. The van der Waals surface area contributed by atoms with Gasteiger partial charge in [-0.1, -0.05) is 48.5 Å². The molecule has 0 spiro atoms. The molecule has 8 nitrogen and oxygen atoms in total. The summed E-state index contributed by atoms with van der Waals surface area (Å²) >= 11 is 0. The first-order valence-electron chi connectivity index (χ1n) is 10.5. The largest absolute Gasteiger partial charge is 0.399 e. The zero-order chi connectivity index (χ0) is 23.8. The average molecular weight is 449 g/mol. The first-order valence-corrected chi connectivity index (χ1v) is 10.5. The Morgan fingerprint density at radius 2 is 1.42 bits per heavy atom. The maximum Gasteiger partial charge on any atom is 0.268 e. The van der Waals surface area contributed by atoms with Crippen LogP contribution in [0.15, 0.2) is 72.8 Å². The predicted octanol–water partition coefficient (Wildman–Crippen LogP) is 1.92. The molecule has 2 atom stereocenters. The van der Waals surface area contributed by atoms with Crippen molar-refractivity contribution >= 4 is 17.5 Å². The lowest BCUT2D eigenvalue weighted by molar-refractivity contribution is -0.134. The van der Waals surface area contributed by atoms with Crippen LogP contribution in [0.25, 0.3) is 0 Å². The Kier molecular flexibility index (Phi) is 8.15. The normalized spacial score (nSPS) is 12.6. The number of nitrogens with two attached hydrogens (primary N) is 1. The van der Waals surface area contributed by atoms with E-state index in [-0.39, 0.29) is 0 Å². The summed E-state index contributed by atoms with van der Waals surface area (Å²) in [4.78, 5) is 24.9. The van der Waals surface area contributed by atoms with E-state index in [2.05, 4.69) is 10.6 Å². The van der Waals surface area contributed by atoms with Crippen LogP contribution in [0.4, 0.5) is 5.69 Å². The van der Waals surface area contributed by atoms with Gasteiger partial charge in [0.15, 0.2) is 0 Å². The second-order valence-electron chi connectivity index (χ2n) is 7.76. The van der Waals surface area contributed by atoms with Gasteiger partial charge in [-0.05, 0) is 60.0 Å². The topological polar surface area (TPSA) is 137 Å². The molecule has 0 aliphatic carbocycles. The van der Waals surface area contributed by atoms with E-state index in [1.165, 1.54) is 5.48 Å². The first-order chi connectivity index (χ1) is 15.9. The fourth-order valence-corrected chi connectivity index (χ4v) is 3.46. The number of nitrogen functional groups attached to an aromatic ring is 1. The maximum atomic E-state index is 12.8. The van der Waals surface area contributed by atoms with Crippen molar-refractivity contribution in [3.05, 3.63) is 101 Å². The molecule has 0 aliphatic heterocycles. The zero-order valence-electron chi connectivity index (χ0n) is 18.3. The Morgan fingerprint density at radius 1 is 0.879 bits per heavy atom. The van der Waals surface area contributed by atoms with Gasteiger partial charge in [0.25, 0.3) is 11.8 Å². The summed E-state index contributed by atoms with van der Waals surface area (Å²) in [5.74, 6) is -1.47. The average Bonchev–Trinajstić information content (AvgIpc) is 2.84. The van der Waals surface area contributed by atoms with E-state index in [4.69, 9.17) is 10.9 Å². The van der Waals surface area contributed by atoms with Crippen LogP contribution in [-0.4, -0.2) is 35.2 Å². The summed E-state index contributed by atoms with van der Waals surface area (Å²) in [5.41, 5.74) is 11.8. The molecular formula is C25H28N4O4. The predicted molar refractivity (Wildman–Crippen MR) is 125 cm³/mol. The van der Waals surface area contributed by atoms with Gasteiger partial charge in [0, 0.05) is 17.8 Å². The lowest BCUT2D eigenvalue weighted by Gasteiger charge is -2.23. The van der Waals surface area contributed by atoms with Crippen molar-refractivity contribution in [1.82, 2.24) is 16.1 Å². The second-order valence-corrected chi connectivity index (χ2v) is 7.76. The number of rotatable bonds is 9. The molecule has 0 aliphatic rings. The van der Waals surface area contributed by atoms with E-state index in [1.54, 1.807) is 24.3 Å². The van der Waals surface area contributed by atoms with Gasteiger partial charge in [-0.25, -0.2) is 5.48 Å². The third kappa shape index (κ3) is 6.39. The number of carbonyl (C=O) groups is 2. The Morgan fingerprint density at radius 3 is 1.97 bits per heavy atom.